The van der Waals surface area contributed by atoms with Gasteiger partial charge in [-0.1, -0.05) is 11.8 Å². The molecule has 27 heavy (non-hydrogen) atoms. The Morgan fingerprint density at radius 1 is 1.26 bits per heavy atom. The quantitative estimate of drug-likeness (QED) is 0.257. The van der Waals surface area contributed by atoms with Gasteiger partial charge in [0.25, 0.3) is 11.8 Å². The van der Waals surface area contributed by atoms with Crippen molar-refractivity contribution in [3.63, 3.8) is 0 Å². The molecule has 6 N–H and O–H groups in total. The number of benzene rings is 1. The molecule has 0 saturated carbocycles. The Bertz CT molecular complexity index is 772. The molecule has 144 valence electrons. The van der Waals surface area contributed by atoms with Gasteiger partial charge >= 0.3 is 0 Å². The van der Waals surface area contributed by atoms with Crippen LogP contribution in [0.2, 0.25) is 0 Å². The molecule has 1 rings (SSSR count). The molecular formula is C19H23N3O5. The number of rotatable bonds is 6. The lowest BCUT2D eigenvalue weighted by Crippen LogP contribution is -2.61. The maximum absolute atomic E-state index is 12.3. The van der Waals surface area contributed by atoms with E-state index in [1.54, 1.807) is 26.0 Å². The summed E-state index contributed by atoms with van der Waals surface area (Å²) in [5.74, 6) is 9.31. The fourth-order valence-corrected chi connectivity index (χ4v) is 1.97. The molecule has 2 atom stereocenters. The smallest absolute Gasteiger partial charge is 0.267 e. The predicted molar refractivity (Wildman–Crippen MR) is 98.4 cm³/mol. The van der Waals surface area contributed by atoms with Gasteiger partial charge in [-0.15, -0.1) is 0 Å². The van der Waals surface area contributed by atoms with Gasteiger partial charge in [0.1, 0.15) is 12.1 Å². The number of carbonyl (C=O) groups excluding carboxylic acids is 2. The standard InChI is InChI=1S/C19H23N3O5/c1-19(2,20)16(18(25)22-26)21-17(24)14-10-8-13(9-11-14)6-4-5-7-15(12-23)27-3/h8-11,15-16,23,26H,12,20H2,1-3H3,(H,21,24)(H,22,25). The fourth-order valence-electron chi connectivity index (χ4n) is 1.97. The third kappa shape index (κ3) is 7.10. The zero-order chi connectivity index (χ0) is 20.4. The lowest BCUT2D eigenvalue weighted by atomic mass is 9.95. The maximum Gasteiger partial charge on any atom is 0.267 e. The highest BCUT2D eigenvalue weighted by Crippen LogP contribution is 2.08. The minimum Gasteiger partial charge on any atom is -0.393 e. The molecule has 0 heterocycles. The summed E-state index contributed by atoms with van der Waals surface area (Å²) in [6, 6.07) is 5.20. The summed E-state index contributed by atoms with van der Waals surface area (Å²) in [4.78, 5) is 24.0. The van der Waals surface area contributed by atoms with Gasteiger partial charge in [-0.2, -0.15) is 0 Å². The van der Waals surface area contributed by atoms with Gasteiger partial charge in [0.15, 0.2) is 0 Å². The molecule has 0 saturated heterocycles. The number of carbonyl (C=O) groups is 2. The van der Waals surface area contributed by atoms with Crippen LogP contribution in [0.1, 0.15) is 29.8 Å². The topological polar surface area (TPSA) is 134 Å². The van der Waals surface area contributed by atoms with Crippen LogP contribution in [0.3, 0.4) is 0 Å². The molecule has 2 unspecified atom stereocenters. The third-order valence-electron chi connectivity index (χ3n) is 3.49. The highest BCUT2D eigenvalue weighted by molar-refractivity contribution is 5.97. The Labute approximate surface area is 158 Å². The Morgan fingerprint density at radius 2 is 1.89 bits per heavy atom. The third-order valence-corrected chi connectivity index (χ3v) is 3.49. The number of hydrogen-bond donors (Lipinski definition) is 5. The SMILES string of the molecule is COC(C#CC#Cc1ccc(C(=O)NC(C(=O)NO)C(C)(C)N)cc1)CO. The monoisotopic (exact) mass is 373 g/mol. The molecule has 8 nitrogen and oxygen atoms in total. The minimum absolute atomic E-state index is 0.218. The van der Waals surface area contributed by atoms with E-state index in [0.29, 0.717) is 11.1 Å². The van der Waals surface area contributed by atoms with Gasteiger partial charge in [0, 0.05) is 23.8 Å². The summed E-state index contributed by atoms with van der Waals surface area (Å²) in [5.41, 5.74) is 7.21. The lowest BCUT2D eigenvalue weighted by molar-refractivity contribution is -0.132. The second kappa shape index (κ2) is 10.3. The fraction of sp³-hybridized carbons (Fsp3) is 0.368. The van der Waals surface area contributed by atoms with Crippen LogP contribution in [0.15, 0.2) is 24.3 Å². The first-order valence-corrected chi connectivity index (χ1v) is 8.02. The zero-order valence-corrected chi connectivity index (χ0v) is 15.4. The number of nitrogens with two attached hydrogens (primary N) is 1. The minimum atomic E-state index is -1.12. The van der Waals surface area contributed by atoms with Crippen molar-refractivity contribution in [2.75, 3.05) is 13.7 Å². The molecule has 1 aromatic rings. The first-order chi connectivity index (χ1) is 12.7. The number of hydroxylamine groups is 1. The molecule has 1 aromatic carbocycles. The number of hydrogen-bond acceptors (Lipinski definition) is 6. The molecular weight excluding hydrogens is 350 g/mol. The summed E-state index contributed by atoms with van der Waals surface area (Å²) in [6.45, 7) is 2.89. The summed E-state index contributed by atoms with van der Waals surface area (Å²) >= 11 is 0. The van der Waals surface area contributed by atoms with Gasteiger partial charge < -0.3 is 20.9 Å². The molecule has 0 aliphatic rings. The van der Waals surface area contributed by atoms with E-state index in [2.05, 4.69) is 29.0 Å². The average Bonchev–Trinajstić information content (AvgIpc) is 2.65. The van der Waals surface area contributed by atoms with Gasteiger partial charge in [0.05, 0.1) is 6.61 Å². The van der Waals surface area contributed by atoms with E-state index in [-0.39, 0.29) is 6.61 Å². The van der Waals surface area contributed by atoms with Crippen molar-refractivity contribution in [1.82, 2.24) is 10.8 Å². The molecule has 0 spiro atoms. The van der Waals surface area contributed by atoms with Crippen molar-refractivity contribution in [3.05, 3.63) is 35.4 Å². The van der Waals surface area contributed by atoms with E-state index in [1.165, 1.54) is 24.7 Å². The molecule has 0 fully saturated rings. The van der Waals surface area contributed by atoms with Crippen LogP contribution in [-0.4, -0.2) is 53.5 Å². The van der Waals surface area contributed by atoms with Crippen LogP contribution < -0.4 is 16.5 Å². The summed E-state index contributed by atoms with van der Waals surface area (Å²) < 4.78 is 4.89. The number of amides is 2. The van der Waals surface area contributed by atoms with Crippen molar-refractivity contribution >= 4 is 11.8 Å². The van der Waals surface area contributed by atoms with Crippen LogP contribution >= 0.6 is 0 Å². The largest absolute Gasteiger partial charge is 0.393 e. The van der Waals surface area contributed by atoms with Gasteiger partial charge in [-0.05, 0) is 50.0 Å². The van der Waals surface area contributed by atoms with Crippen LogP contribution in [0, 0.1) is 23.7 Å². The Morgan fingerprint density at radius 3 is 2.37 bits per heavy atom. The van der Waals surface area contributed by atoms with E-state index < -0.39 is 29.5 Å². The normalized spacial score (nSPS) is 12.5. The number of aliphatic hydroxyl groups is 1. The Kier molecular flexibility index (Phi) is 8.46. The molecule has 0 aromatic heterocycles. The van der Waals surface area contributed by atoms with Crippen molar-refractivity contribution in [3.8, 4) is 23.7 Å². The summed E-state index contributed by atoms with van der Waals surface area (Å²) in [7, 11) is 1.44. The molecule has 8 heteroatoms. The lowest BCUT2D eigenvalue weighted by Gasteiger charge is -2.29. The number of nitrogens with one attached hydrogen (secondary N) is 2. The second-order valence-electron chi connectivity index (χ2n) is 6.21. The van der Waals surface area contributed by atoms with Gasteiger partial charge in [-0.25, -0.2) is 5.48 Å². The van der Waals surface area contributed by atoms with E-state index >= 15 is 0 Å². The molecule has 0 aliphatic carbocycles. The first kappa shape index (κ1) is 22.2. The highest BCUT2D eigenvalue weighted by Gasteiger charge is 2.33. The van der Waals surface area contributed by atoms with Crippen LogP contribution in [0.4, 0.5) is 0 Å². The molecule has 2 amide bonds. The first-order valence-electron chi connectivity index (χ1n) is 8.02. The van der Waals surface area contributed by atoms with Crippen molar-refractivity contribution in [2.24, 2.45) is 5.73 Å². The Hall–Kier alpha value is -2.88. The van der Waals surface area contributed by atoms with Gasteiger partial charge in [-0.3, -0.25) is 14.8 Å². The van der Waals surface area contributed by atoms with Crippen molar-refractivity contribution in [1.29, 1.82) is 0 Å². The molecule has 0 bridgehead atoms. The van der Waals surface area contributed by atoms with Crippen LogP contribution in [0.25, 0.3) is 0 Å². The van der Waals surface area contributed by atoms with Crippen molar-refractivity contribution in [2.45, 2.75) is 31.5 Å². The molecule has 0 aliphatic heterocycles. The van der Waals surface area contributed by atoms with Crippen LogP contribution in [0.5, 0.6) is 0 Å². The van der Waals surface area contributed by atoms with E-state index in [9.17, 15) is 9.59 Å². The van der Waals surface area contributed by atoms with E-state index in [4.69, 9.17) is 20.8 Å². The number of methoxy groups -OCH3 is 1. The van der Waals surface area contributed by atoms with Crippen molar-refractivity contribution < 1.29 is 24.6 Å². The Balaban J connectivity index is 2.84. The van der Waals surface area contributed by atoms with E-state index in [0.717, 1.165) is 0 Å². The maximum atomic E-state index is 12.3. The van der Waals surface area contributed by atoms with E-state index in [1.807, 2.05) is 0 Å². The predicted octanol–water partition coefficient (Wildman–Crippen LogP) is -0.610. The summed E-state index contributed by atoms with van der Waals surface area (Å²) in [5, 5.41) is 20.2. The molecule has 0 radical (unpaired) electrons. The second-order valence-corrected chi connectivity index (χ2v) is 6.21. The number of aliphatic hydroxyl groups excluding tert-OH is 1. The number of ether oxygens (including phenoxy) is 1. The summed E-state index contributed by atoms with van der Waals surface area (Å²) in [6.07, 6.45) is -0.582. The average molecular weight is 373 g/mol. The van der Waals surface area contributed by atoms with Gasteiger partial charge in [0.2, 0.25) is 0 Å². The van der Waals surface area contributed by atoms with Crippen LogP contribution in [-0.2, 0) is 9.53 Å². The highest BCUT2D eigenvalue weighted by atomic mass is 16.5. The zero-order valence-electron chi connectivity index (χ0n) is 15.4.